The van der Waals surface area contributed by atoms with Crippen LogP contribution >= 0.6 is 0 Å². The first-order valence-corrected chi connectivity index (χ1v) is 13.1. The van der Waals surface area contributed by atoms with Gasteiger partial charge in [-0.25, -0.2) is 0 Å². The Morgan fingerprint density at radius 3 is 2.40 bits per heavy atom. The molecule has 0 aromatic heterocycles. The second-order valence-electron chi connectivity index (χ2n) is 8.30. The number of hydrogen-bond donors (Lipinski definition) is 0. The molecule has 1 saturated heterocycles. The molecule has 3 atom stereocenters. The van der Waals surface area contributed by atoms with E-state index in [9.17, 15) is 0 Å². The number of epoxide rings is 1. The molecule has 2 nitrogen and oxygen atoms in total. The SMILES string of the molecule is CCCCC#CC(CCc1ccccc1)(O[Si](C)(C)C)[C@]1(C)O[C@H]1C. The maximum absolute atomic E-state index is 6.77. The highest BCUT2D eigenvalue weighted by Crippen LogP contribution is 2.50. The van der Waals surface area contributed by atoms with Gasteiger partial charge < -0.3 is 9.16 Å². The first kappa shape index (κ1) is 20.2. The highest BCUT2D eigenvalue weighted by Gasteiger charge is 2.64. The predicted octanol–water partition coefficient (Wildman–Crippen LogP) is 5.58. The van der Waals surface area contributed by atoms with Crippen LogP contribution in [-0.2, 0) is 15.6 Å². The zero-order valence-electron chi connectivity index (χ0n) is 16.8. The minimum Gasteiger partial charge on any atom is -0.399 e. The van der Waals surface area contributed by atoms with Crippen molar-refractivity contribution in [2.75, 3.05) is 0 Å². The first-order valence-electron chi connectivity index (χ1n) is 9.64. The van der Waals surface area contributed by atoms with Gasteiger partial charge in [0.15, 0.2) is 8.32 Å². The Kier molecular flexibility index (Phi) is 6.54. The molecule has 1 aromatic carbocycles. The zero-order valence-corrected chi connectivity index (χ0v) is 17.8. The summed E-state index contributed by atoms with van der Waals surface area (Å²) < 4.78 is 12.8. The fourth-order valence-electron chi connectivity index (χ4n) is 3.33. The van der Waals surface area contributed by atoms with E-state index in [-0.39, 0.29) is 11.7 Å². The van der Waals surface area contributed by atoms with E-state index in [0.29, 0.717) is 0 Å². The van der Waals surface area contributed by atoms with Gasteiger partial charge in [-0.05, 0) is 58.3 Å². The van der Waals surface area contributed by atoms with Crippen LogP contribution in [0.2, 0.25) is 19.6 Å². The van der Waals surface area contributed by atoms with E-state index in [1.54, 1.807) is 0 Å². The van der Waals surface area contributed by atoms with Crippen molar-refractivity contribution in [3.63, 3.8) is 0 Å². The van der Waals surface area contributed by atoms with Crippen LogP contribution in [0.15, 0.2) is 30.3 Å². The van der Waals surface area contributed by atoms with Crippen LogP contribution in [0.1, 0.15) is 52.0 Å². The van der Waals surface area contributed by atoms with Crippen molar-refractivity contribution in [2.45, 2.75) is 89.8 Å². The highest BCUT2D eigenvalue weighted by atomic mass is 28.4. The summed E-state index contributed by atoms with van der Waals surface area (Å²) in [7, 11) is -1.78. The minimum absolute atomic E-state index is 0.195. The van der Waals surface area contributed by atoms with Crippen molar-refractivity contribution in [3.8, 4) is 11.8 Å². The van der Waals surface area contributed by atoms with E-state index in [1.165, 1.54) is 12.0 Å². The van der Waals surface area contributed by atoms with Crippen molar-refractivity contribution in [2.24, 2.45) is 0 Å². The van der Waals surface area contributed by atoms with Crippen molar-refractivity contribution in [1.29, 1.82) is 0 Å². The first-order chi connectivity index (χ1) is 11.7. The van der Waals surface area contributed by atoms with Crippen molar-refractivity contribution in [1.82, 2.24) is 0 Å². The molecule has 0 saturated carbocycles. The lowest BCUT2D eigenvalue weighted by Gasteiger charge is -2.39. The summed E-state index contributed by atoms with van der Waals surface area (Å²) in [4.78, 5) is 0. The lowest BCUT2D eigenvalue weighted by Crippen LogP contribution is -2.52. The highest BCUT2D eigenvalue weighted by molar-refractivity contribution is 6.69. The largest absolute Gasteiger partial charge is 0.399 e. The van der Waals surface area contributed by atoms with Gasteiger partial charge in [0.2, 0.25) is 0 Å². The number of benzene rings is 1. The molecule has 3 heteroatoms. The Hall–Kier alpha value is -1.08. The third-order valence-electron chi connectivity index (χ3n) is 4.98. The van der Waals surface area contributed by atoms with Crippen LogP contribution in [0, 0.1) is 11.8 Å². The molecule has 0 aliphatic carbocycles. The van der Waals surface area contributed by atoms with Gasteiger partial charge in [0.05, 0.1) is 6.10 Å². The van der Waals surface area contributed by atoms with Gasteiger partial charge in [0.25, 0.3) is 0 Å². The predicted molar refractivity (Wildman–Crippen MR) is 108 cm³/mol. The number of hydrogen-bond acceptors (Lipinski definition) is 2. The lowest BCUT2D eigenvalue weighted by atomic mass is 9.81. The molecule has 1 unspecified atom stereocenters. The Labute approximate surface area is 155 Å². The third kappa shape index (κ3) is 5.20. The fourth-order valence-corrected chi connectivity index (χ4v) is 4.73. The van der Waals surface area contributed by atoms with E-state index < -0.39 is 13.9 Å². The molecular weight excluding hydrogens is 324 g/mol. The summed E-state index contributed by atoms with van der Waals surface area (Å²) in [6, 6.07) is 10.6. The van der Waals surface area contributed by atoms with Gasteiger partial charge >= 0.3 is 0 Å². The third-order valence-corrected chi connectivity index (χ3v) is 5.94. The Balaban J connectivity index is 2.30. The average molecular weight is 359 g/mol. The second kappa shape index (κ2) is 8.08. The molecular formula is C22H34O2Si. The summed E-state index contributed by atoms with van der Waals surface area (Å²) in [6.07, 6.45) is 5.27. The maximum Gasteiger partial charge on any atom is 0.185 e. The zero-order chi connectivity index (χ0) is 18.6. The van der Waals surface area contributed by atoms with E-state index in [0.717, 1.165) is 25.7 Å². The van der Waals surface area contributed by atoms with Gasteiger partial charge in [-0.3, -0.25) is 0 Å². The van der Waals surface area contributed by atoms with Crippen LogP contribution < -0.4 is 0 Å². The summed E-state index contributed by atoms with van der Waals surface area (Å²) in [6.45, 7) is 13.3. The normalized spacial score (nSPS) is 25.0. The molecule has 1 aliphatic rings. The molecule has 0 bridgehead atoms. The second-order valence-corrected chi connectivity index (χ2v) is 12.7. The topological polar surface area (TPSA) is 21.8 Å². The molecule has 0 amide bonds. The molecule has 2 rings (SSSR count). The maximum atomic E-state index is 6.77. The van der Waals surface area contributed by atoms with Crippen LogP contribution in [-0.4, -0.2) is 25.6 Å². The van der Waals surface area contributed by atoms with Gasteiger partial charge in [-0.2, -0.15) is 0 Å². The van der Waals surface area contributed by atoms with Crippen LogP contribution in [0.25, 0.3) is 0 Å². The van der Waals surface area contributed by atoms with Crippen molar-refractivity contribution >= 4 is 8.32 Å². The Bertz CT molecular complexity index is 610. The molecule has 0 N–H and O–H groups in total. The van der Waals surface area contributed by atoms with E-state index in [4.69, 9.17) is 9.16 Å². The van der Waals surface area contributed by atoms with Crippen LogP contribution in [0.5, 0.6) is 0 Å². The molecule has 1 aromatic rings. The lowest BCUT2D eigenvalue weighted by molar-refractivity contribution is 0.0309. The standard InChI is InChI=1S/C22H34O2Si/c1-7-8-9-13-17-22(24-25(4,5)6,21(3)19(2)23-21)18-16-20-14-11-10-12-15-20/h10-12,14-15,19H,7-9,16,18H2,1-6H3/t19-,21+,22?/m0/s1. The van der Waals surface area contributed by atoms with Crippen LogP contribution in [0.4, 0.5) is 0 Å². The number of rotatable bonds is 8. The molecule has 1 heterocycles. The molecule has 25 heavy (non-hydrogen) atoms. The molecule has 1 aliphatic heterocycles. The number of unbranched alkanes of at least 4 members (excludes halogenated alkanes) is 2. The Morgan fingerprint density at radius 2 is 1.88 bits per heavy atom. The van der Waals surface area contributed by atoms with Gasteiger partial charge in [-0.15, -0.1) is 5.92 Å². The van der Waals surface area contributed by atoms with Gasteiger partial charge in [0.1, 0.15) is 11.2 Å². The Morgan fingerprint density at radius 1 is 1.24 bits per heavy atom. The van der Waals surface area contributed by atoms with E-state index in [1.807, 2.05) is 0 Å². The molecule has 138 valence electrons. The van der Waals surface area contributed by atoms with Gasteiger partial charge in [0, 0.05) is 6.42 Å². The number of aryl methyl sites for hydroxylation is 1. The fraction of sp³-hybridized carbons (Fsp3) is 0.636. The van der Waals surface area contributed by atoms with Crippen LogP contribution in [0.3, 0.4) is 0 Å². The number of ether oxygens (including phenoxy) is 1. The van der Waals surface area contributed by atoms with E-state index in [2.05, 4.69) is 82.6 Å². The van der Waals surface area contributed by atoms with E-state index >= 15 is 0 Å². The quantitative estimate of drug-likeness (QED) is 0.262. The monoisotopic (exact) mass is 358 g/mol. The smallest absolute Gasteiger partial charge is 0.185 e. The molecule has 0 spiro atoms. The van der Waals surface area contributed by atoms with Crippen molar-refractivity contribution < 1.29 is 9.16 Å². The summed E-state index contributed by atoms with van der Waals surface area (Å²) in [5.41, 5.74) is 0.514. The minimum atomic E-state index is -1.78. The molecule has 0 radical (unpaired) electrons. The summed E-state index contributed by atoms with van der Waals surface area (Å²) >= 11 is 0. The average Bonchev–Trinajstić information content (AvgIpc) is 3.17. The molecule has 1 fully saturated rings. The summed E-state index contributed by atoms with van der Waals surface area (Å²) in [5.74, 6) is 6.99. The van der Waals surface area contributed by atoms with Gasteiger partial charge in [-0.1, -0.05) is 49.6 Å². The van der Waals surface area contributed by atoms with Crippen molar-refractivity contribution in [3.05, 3.63) is 35.9 Å². The summed E-state index contributed by atoms with van der Waals surface area (Å²) in [5, 5.41) is 0.